The molecule has 2 aromatic rings. The third-order valence-electron chi connectivity index (χ3n) is 3.55. The Morgan fingerprint density at radius 2 is 1.56 bits per heavy atom. The van der Waals surface area contributed by atoms with Crippen LogP contribution in [0.1, 0.15) is 22.8 Å². The van der Waals surface area contributed by atoms with Gasteiger partial charge in [0.25, 0.3) is 0 Å². The quantitative estimate of drug-likeness (QED) is 0.437. The van der Waals surface area contributed by atoms with Gasteiger partial charge >= 0.3 is 5.97 Å². The molecule has 6 nitrogen and oxygen atoms in total. The molecule has 2 aromatic carbocycles. The highest BCUT2D eigenvalue weighted by Crippen LogP contribution is 2.38. The number of benzene rings is 2. The van der Waals surface area contributed by atoms with Gasteiger partial charge in [-0.3, -0.25) is 9.59 Å². The fraction of sp³-hybridized carbons (Fsp3) is 0.263. The summed E-state index contributed by atoms with van der Waals surface area (Å²) in [5.41, 5.74) is 1.14. The fourth-order valence-corrected chi connectivity index (χ4v) is 2.35. The van der Waals surface area contributed by atoms with Gasteiger partial charge in [-0.2, -0.15) is 0 Å². The highest BCUT2D eigenvalue weighted by Gasteiger charge is 2.16. The Balaban J connectivity index is 2.17. The van der Waals surface area contributed by atoms with Crippen molar-refractivity contribution in [1.29, 1.82) is 0 Å². The Kier molecular flexibility index (Phi) is 6.00. The Labute approximate surface area is 146 Å². The van der Waals surface area contributed by atoms with Gasteiger partial charge in [-0.1, -0.05) is 12.1 Å². The van der Waals surface area contributed by atoms with Gasteiger partial charge in [-0.15, -0.1) is 0 Å². The zero-order valence-corrected chi connectivity index (χ0v) is 14.6. The van der Waals surface area contributed by atoms with Crippen molar-refractivity contribution in [3.63, 3.8) is 0 Å². The summed E-state index contributed by atoms with van der Waals surface area (Å²) in [5, 5.41) is 0. The van der Waals surface area contributed by atoms with Gasteiger partial charge in [0.1, 0.15) is 5.75 Å². The summed E-state index contributed by atoms with van der Waals surface area (Å²) in [6.07, 6.45) is 0.0149. The van der Waals surface area contributed by atoms with Crippen molar-refractivity contribution in [3.8, 4) is 23.0 Å². The van der Waals surface area contributed by atoms with Crippen molar-refractivity contribution < 1.29 is 28.5 Å². The molecule has 2 rings (SSSR count). The second kappa shape index (κ2) is 8.19. The van der Waals surface area contributed by atoms with Gasteiger partial charge in [0.15, 0.2) is 17.3 Å². The van der Waals surface area contributed by atoms with Gasteiger partial charge < -0.3 is 18.9 Å². The zero-order chi connectivity index (χ0) is 18.4. The van der Waals surface area contributed by atoms with Crippen LogP contribution in [0.15, 0.2) is 36.4 Å². The first-order valence-corrected chi connectivity index (χ1v) is 7.59. The van der Waals surface area contributed by atoms with E-state index in [9.17, 15) is 9.59 Å². The van der Waals surface area contributed by atoms with Gasteiger partial charge in [0.05, 0.1) is 27.8 Å². The lowest BCUT2D eigenvalue weighted by molar-refractivity contribution is -0.133. The third kappa shape index (κ3) is 4.50. The van der Waals surface area contributed by atoms with Crippen molar-refractivity contribution in [2.24, 2.45) is 0 Å². The molecule has 0 saturated heterocycles. The number of esters is 1. The van der Waals surface area contributed by atoms with Gasteiger partial charge in [0, 0.05) is 5.56 Å². The number of hydrogen-bond acceptors (Lipinski definition) is 6. The van der Waals surface area contributed by atoms with E-state index in [1.54, 1.807) is 30.3 Å². The molecule has 0 aromatic heterocycles. The summed E-state index contributed by atoms with van der Waals surface area (Å²) in [6.45, 7) is 1.46. The molecule has 0 aliphatic carbocycles. The molecule has 0 N–H and O–H groups in total. The fourth-order valence-electron chi connectivity index (χ4n) is 2.35. The van der Waals surface area contributed by atoms with Crippen LogP contribution in [0.5, 0.6) is 23.0 Å². The summed E-state index contributed by atoms with van der Waals surface area (Å²) in [4.78, 5) is 23.6. The molecule has 0 heterocycles. The van der Waals surface area contributed by atoms with Crippen LogP contribution in [0.3, 0.4) is 0 Å². The predicted molar refractivity (Wildman–Crippen MR) is 91.9 cm³/mol. The first-order valence-electron chi connectivity index (χ1n) is 7.59. The van der Waals surface area contributed by atoms with Crippen molar-refractivity contribution in [2.45, 2.75) is 13.3 Å². The first kappa shape index (κ1) is 18.3. The lowest BCUT2D eigenvalue weighted by Crippen LogP contribution is -2.12. The largest absolute Gasteiger partial charge is 0.493 e. The molecule has 0 aliphatic heterocycles. The van der Waals surface area contributed by atoms with E-state index in [2.05, 4.69) is 0 Å². The van der Waals surface area contributed by atoms with Crippen molar-refractivity contribution in [2.75, 3.05) is 21.3 Å². The zero-order valence-electron chi connectivity index (χ0n) is 14.6. The van der Waals surface area contributed by atoms with E-state index in [-0.39, 0.29) is 12.2 Å². The molecule has 25 heavy (non-hydrogen) atoms. The molecule has 6 heteroatoms. The molecule has 0 fully saturated rings. The average molecular weight is 344 g/mol. The van der Waals surface area contributed by atoms with E-state index in [1.807, 2.05) is 0 Å². The topological polar surface area (TPSA) is 71.1 Å². The number of rotatable bonds is 7. The van der Waals surface area contributed by atoms with Crippen LogP contribution in [0.25, 0.3) is 0 Å². The molecular formula is C19H20O6. The highest BCUT2D eigenvalue weighted by atomic mass is 16.5. The molecule has 0 bridgehead atoms. The van der Waals surface area contributed by atoms with Crippen LogP contribution in [-0.2, 0) is 11.2 Å². The van der Waals surface area contributed by atoms with Crippen LogP contribution >= 0.6 is 0 Å². The monoisotopic (exact) mass is 344 g/mol. The van der Waals surface area contributed by atoms with Gasteiger partial charge in [-0.25, -0.2) is 0 Å². The Hall–Kier alpha value is -3.02. The molecule has 0 aliphatic rings. The minimum absolute atomic E-state index is 0.0149. The number of Topliss-reactive ketones (excluding diaryl/α,β-unsaturated/α-hetero) is 1. The SMILES string of the molecule is COc1cc(CC(=O)Oc2cccc(C(C)=O)c2)cc(OC)c1OC. The van der Waals surface area contributed by atoms with Crippen molar-refractivity contribution >= 4 is 11.8 Å². The number of methoxy groups -OCH3 is 3. The van der Waals surface area contributed by atoms with E-state index in [1.165, 1.54) is 34.3 Å². The van der Waals surface area contributed by atoms with Crippen LogP contribution in [0.4, 0.5) is 0 Å². The molecule has 132 valence electrons. The summed E-state index contributed by atoms with van der Waals surface area (Å²) >= 11 is 0. The number of ketones is 1. The van der Waals surface area contributed by atoms with E-state index in [0.29, 0.717) is 34.1 Å². The van der Waals surface area contributed by atoms with Gasteiger partial charge in [-0.05, 0) is 36.8 Å². The minimum Gasteiger partial charge on any atom is -0.493 e. The summed E-state index contributed by atoms with van der Waals surface area (Å²) in [6, 6.07) is 9.87. The van der Waals surface area contributed by atoms with E-state index < -0.39 is 5.97 Å². The smallest absolute Gasteiger partial charge is 0.315 e. The van der Waals surface area contributed by atoms with Gasteiger partial charge in [0.2, 0.25) is 5.75 Å². The number of ether oxygens (including phenoxy) is 4. The van der Waals surface area contributed by atoms with Crippen LogP contribution in [-0.4, -0.2) is 33.1 Å². The van der Waals surface area contributed by atoms with Crippen molar-refractivity contribution in [1.82, 2.24) is 0 Å². The maximum atomic E-state index is 12.2. The summed E-state index contributed by atoms with van der Waals surface area (Å²) in [7, 11) is 4.52. The third-order valence-corrected chi connectivity index (χ3v) is 3.55. The van der Waals surface area contributed by atoms with E-state index in [4.69, 9.17) is 18.9 Å². The number of carbonyl (C=O) groups excluding carboxylic acids is 2. The molecule has 0 amide bonds. The maximum Gasteiger partial charge on any atom is 0.315 e. The second-order valence-electron chi connectivity index (χ2n) is 5.27. The van der Waals surface area contributed by atoms with Crippen LogP contribution in [0.2, 0.25) is 0 Å². The summed E-state index contributed by atoms with van der Waals surface area (Å²) < 4.78 is 21.1. The number of hydrogen-bond donors (Lipinski definition) is 0. The Morgan fingerprint density at radius 1 is 0.920 bits per heavy atom. The molecular weight excluding hydrogens is 324 g/mol. The van der Waals surface area contributed by atoms with Crippen LogP contribution < -0.4 is 18.9 Å². The Morgan fingerprint density at radius 3 is 2.08 bits per heavy atom. The lowest BCUT2D eigenvalue weighted by Gasteiger charge is -2.14. The normalized spacial score (nSPS) is 10.1. The highest BCUT2D eigenvalue weighted by molar-refractivity contribution is 5.94. The lowest BCUT2D eigenvalue weighted by atomic mass is 10.1. The minimum atomic E-state index is -0.463. The summed E-state index contributed by atoms with van der Waals surface area (Å²) in [5.74, 6) is 1.14. The van der Waals surface area contributed by atoms with Crippen molar-refractivity contribution in [3.05, 3.63) is 47.5 Å². The average Bonchev–Trinajstić information content (AvgIpc) is 2.60. The Bertz CT molecular complexity index is 756. The standard InChI is InChI=1S/C19H20O6/c1-12(20)14-6-5-7-15(11-14)25-18(21)10-13-8-16(22-2)19(24-4)17(9-13)23-3/h5-9,11H,10H2,1-4H3. The van der Waals surface area contributed by atoms with Crippen LogP contribution in [0, 0.1) is 0 Å². The molecule has 0 atom stereocenters. The first-order chi connectivity index (χ1) is 12.0. The maximum absolute atomic E-state index is 12.2. The number of carbonyl (C=O) groups is 2. The van der Waals surface area contributed by atoms with E-state index in [0.717, 1.165) is 0 Å². The molecule has 0 unspecified atom stereocenters. The molecule has 0 radical (unpaired) electrons. The van der Waals surface area contributed by atoms with E-state index >= 15 is 0 Å². The predicted octanol–water partition coefficient (Wildman–Crippen LogP) is 3.06. The molecule has 0 saturated carbocycles. The second-order valence-corrected chi connectivity index (χ2v) is 5.27. The molecule has 0 spiro atoms.